The first kappa shape index (κ1) is 12.4. The maximum absolute atomic E-state index is 13.0. The molecule has 3 aromatic rings. The molecule has 0 unspecified atom stereocenters. The van der Waals surface area contributed by atoms with Crippen LogP contribution in [-0.4, -0.2) is 12.0 Å². The molecule has 2 aromatic carbocycles. The minimum atomic E-state index is -0.244. The summed E-state index contributed by atoms with van der Waals surface area (Å²) < 4.78 is 13.0. The second-order valence-electron chi connectivity index (χ2n) is 4.61. The molecule has 0 bridgehead atoms. The van der Waals surface area contributed by atoms with Crippen LogP contribution in [0.5, 0.6) is 0 Å². The van der Waals surface area contributed by atoms with E-state index < -0.39 is 0 Å². The number of hydrogen-bond acceptors (Lipinski definition) is 3. The van der Waals surface area contributed by atoms with Crippen molar-refractivity contribution in [2.24, 2.45) is 0 Å². The predicted molar refractivity (Wildman–Crippen MR) is 80.6 cm³/mol. The number of fused-ring (bicyclic) bond motifs is 1. The minimum Gasteiger partial charge on any atom is -0.397 e. The van der Waals surface area contributed by atoms with Crippen LogP contribution in [0.2, 0.25) is 0 Å². The molecule has 3 nitrogen and oxygen atoms in total. The number of benzene rings is 2. The van der Waals surface area contributed by atoms with Gasteiger partial charge in [0.05, 0.1) is 16.9 Å². The highest BCUT2D eigenvalue weighted by Crippen LogP contribution is 2.32. The molecule has 1 aromatic heterocycles. The summed E-state index contributed by atoms with van der Waals surface area (Å²) in [6.07, 6.45) is 1.72. The molecule has 0 radical (unpaired) electrons. The van der Waals surface area contributed by atoms with Crippen molar-refractivity contribution < 1.29 is 4.39 Å². The number of nitrogens with zero attached hydrogens (tertiary/aromatic N) is 2. The maximum Gasteiger partial charge on any atom is 0.123 e. The Bertz CT molecular complexity index is 753. The lowest BCUT2D eigenvalue weighted by Crippen LogP contribution is -2.10. The first-order valence-electron chi connectivity index (χ1n) is 6.29. The molecule has 0 amide bonds. The van der Waals surface area contributed by atoms with Gasteiger partial charge >= 0.3 is 0 Å². The molecule has 0 spiro atoms. The van der Waals surface area contributed by atoms with Gasteiger partial charge in [-0.3, -0.25) is 4.98 Å². The number of pyridine rings is 1. The third kappa shape index (κ3) is 2.05. The predicted octanol–water partition coefficient (Wildman–Crippen LogP) is 3.72. The molecule has 0 aliphatic heterocycles. The number of nitrogen functional groups attached to an aromatic ring is 1. The SMILES string of the molecule is CN(c1ccc(F)cc1)c1ccc(N)c2ncccc12. The van der Waals surface area contributed by atoms with E-state index >= 15 is 0 Å². The van der Waals surface area contributed by atoms with Gasteiger partial charge in [-0.05, 0) is 48.5 Å². The van der Waals surface area contributed by atoms with Crippen molar-refractivity contribution in [3.05, 3.63) is 60.5 Å². The average Bonchev–Trinajstić information content (AvgIpc) is 2.48. The van der Waals surface area contributed by atoms with E-state index in [2.05, 4.69) is 4.98 Å². The van der Waals surface area contributed by atoms with Crippen LogP contribution in [0.3, 0.4) is 0 Å². The third-order valence-electron chi connectivity index (χ3n) is 3.35. The monoisotopic (exact) mass is 267 g/mol. The second-order valence-corrected chi connectivity index (χ2v) is 4.61. The zero-order chi connectivity index (χ0) is 14.1. The third-order valence-corrected chi connectivity index (χ3v) is 3.35. The van der Waals surface area contributed by atoms with Crippen LogP contribution in [0.15, 0.2) is 54.7 Å². The molecule has 100 valence electrons. The Balaban J connectivity index is 2.14. The number of anilines is 3. The fourth-order valence-corrected chi connectivity index (χ4v) is 2.28. The van der Waals surface area contributed by atoms with Gasteiger partial charge in [0, 0.05) is 24.3 Å². The smallest absolute Gasteiger partial charge is 0.123 e. The van der Waals surface area contributed by atoms with Crippen molar-refractivity contribution in [1.82, 2.24) is 4.98 Å². The summed E-state index contributed by atoms with van der Waals surface area (Å²) in [6.45, 7) is 0. The van der Waals surface area contributed by atoms with Crippen molar-refractivity contribution in [2.75, 3.05) is 17.7 Å². The van der Waals surface area contributed by atoms with Crippen LogP contribution in [0.1, 0.15) is 0 Å². The molecule has 0 aliphatic carbocycles. The molecule has 0 fully saturated rings. The number of halogens is 1. The number of aromatic nitrogens is 1. The Morgan fingerprint density at radius 1 is 1.05 bits per heavy atom. The first-order valence-corrected chi connectivity index (χ1v) is 6.29. The molecule has 3 rings (SSSR count). The van der Waals surface area contributed by atoms with E-state index in [1.807, 2.05) is 36.2 Å². The van der Waals surface area contributed by atoms with Gasteiger partial charge in [0.2, 0.25) is 0 Å². The first-order chi connectivity index (χ1) is 9.66. The molecule has 4 heteroatoms. The van der Waals surface area contributed by atoms with Gasteiger partial charge in [-0.25, -0.2) is 4.39 Å². The Morgan fingerprint density at radius 2 is 1.80 bits per heavy atom. The van der Waals surface area contributed by atoms with Crippen molar-refractivity contribution in [1.29, 1.82) is 0 Å². The van der Waals surface area contributed by atoms with Crippen LogP contribution in [0, 0.1) is 5.82 Å². The molecular formula is C16H14FN3. The van der Waals surface area contributed by atoms with E-state index in [0.29, 0.717) is 5.69 Å². The van der Waals surface area contributed by atoms with Crippen molar-refractivity contribution in [3.8, 4) is 0 Å². The average molecular weight is 267 g/mol. The van der Waals surface area contributed by atoms with Crippen LogP contribution in [0.25, 0.3) is 10.9 Å². The van der Waals surface area contributed by atoms with Gasteiger partial charge < -0.3 is 10.6 Å². The standard InChI is InChI=1S/C16H14FN3/c1-20(12-6-4-11(17)5-7-12)15-9-8-14(18)16-13(15)3-2-10-19-16/h2-10H,18H2,1H3. The summed E-state index contributed by atoms with van der Waals surface area (Å²) >= 11 is 0. The van der Waals surface area contributed by atoms with Crippen molar-refractivity contribution in [2.45, 2.75) is 0 Å². The number of hydrogen-bond donors (Lipinski definition) is 1. The zero-order valence-electron chi connectivity index (χ0n) is 11.0. The topological polar surface area (TPSA) is 42.1 Å². The summed E-state index contributed by atoms with van der Waals surface area (Å²) in [5, 5.41) is 0.972. The minimum absolute atomic E-state index is 0.244. The Morgan fingerprint density at radius 3 is 2.55 bits per heavy atom. The fourth-order valence-electron chi connectivity index (χ4n) is 2.28. The van der Waals surface area contributed by atoms with E-state index in [1.165, 1.54) is 12.1 Å². The van der Waals surface area contributed by atoms with Crippen LogP contribution < -0.4 is 10.6 Å². The number of nitrogens with two attached hydrogens (primary N) is 1. The maximum atomic E-state index is 13.0. The highest BCUT2D eigenvalue weighted by molar-refractivity contribution is 5.99. The van der Waals surface area contributed by atoms with Crippen LogP contribution in [-0.2, 0) is 0 Å². The van der Waals surface area contributed by atoms with E-state index in [-0.39, 0.29) is 5.82 Å². The molecule has 20 heavy (non-hydrogen) atoms. The summed E-state index contributed by atoms with van der Waals surface area (Å²) in [5.41, 5.74) is 9.26. The van der Waals surface area contributed by atoms with Gasteiger partial charge in [0.1, 0.15) is 5.82 Å². The Hall–Kier alpha value is -2.62. The quantitative estimate of drug-likeness (QED) is 0.719. The van der Waals surface area contributed by atoms with Crippen molar-refractivity contribution in [3.63, 3.8) is 0 Å². The van der Waals surface area contributed by atoms with Crippen LogP contribution >= 0.6 is 0 Å². The van der Waals surface area contributed by atoms with E-state index in [4.69, 9.17) is 5.73 Å². The lowest BCUT2D eigenvalue weighted by atomic mass is 10.1. The molecule has 0 aliphatic rings. The lowest BCUT2D eigenvalue weighted by molar-refractivity contribution is 0.628. The molecule has 1 heterocycles. The van der Waals surface area contributed by atoms with Gasteiger partial charge in [-0.2, -0.15) is 0 Å². The second kappa shape index (κ2) is 4.81. The van der Waals surface area contributed by atoms with E-state index in [0.717, 1.165) is 22.3 Å². The summed E-state index contributed by atoms with van der Waals surface area (Å²) in [4.78, 5) is 6.31. The molecule has 0 saturated carbocycles. The molecule has 2 N–H and O–H groups in total. The number of rotatable bonds is 2. The highest BCUT2D eigenvalue weighted by atomic mass is 19.1. The largest absolute Gasteiger partial charge is 0.397 e. The van der Waals surface area contributed by atoms with E-state index in [1.54, 1.807) is 18.3 Å². The van der Waals surface area contributed by atoms with Gasteiger partial charge in [-0.15, -0.1) is 0 Å². The van der Waals surface area contributed by atoms with E-state index in [9.17, 15) is 4.39 Å². The lowest BCUT2D eigenvalue weighted by Gasteiger charge is -2.21. The summed E-state index contributed by atoms with van der Waals surface area (Å²) in [6, 6.07) is 14.0. The highest BCUT2D eigenvalue weighted by Gasteiger charge is 2.10. The molecule has 0 saturated heterocycles. The Labute approximate surface area is 116 Å². The normalized spacial score (nSPS) is 10.7. The van der Waals surface area contributed by atoms with Crippen molar-refractivity contribution >= 4 is 28.0 Å². The summed E-state index contributed by atoms with van der Waals surface area (Å²) in [7, 11) is 1.94. The van der Waals surface area contributed by atoms with Gasteiger partial charge in [-0.1, -0.05) is 0 Å². The van der Waals surface area contributed by atoms with Crippen LogP contribution in [0.4, 0.5) is 21.5 Å². The molecular weight excluding hydrogens is 253 g/mol. The summed E-state index contributed by atoms with van der Waals surface area (Å²) in [5.74, 6) is -0.244. The van der Waals surface area contributed by atoms with Gasteiger partial charge in [0.25, 0.3) is 0 Å². The molecule has 0 atom stereocenters. The zero-order valence-corrected chi connectivity index (χ0v) is 11.0. The fraction of sp³-hybridized carbons (Fsp3) is 0.0625. The van der Waals surface area contributed by atoms with Gasteiger partial charge in [0.15, 0.2) is 0 Å². The Kier molecular flexibility index (Phi) is 2.99.